The van der Waals surface area contributed by atoms with Crippen molar-refractivity contribution in [1.82, 2.24) is 5.32 Å². The highest BCUT2D eigenvalue weighted by Gasteiger charge is 2.31. The molecule has 1 aromatic carbocycles. The van der Waals surface area contributed by atoms with Crippen LogP contribution in [0.2, 0.25) is 0 Å². The molecule has 0 spiro atoms. The van der Waals surface area contributed by atoms with Crippen LogP contribution < -0.4 is 10.2 Å². The Morgan fingerprint density at radius 2 is 2.05 bits per heavy atom. The van der Waals surface area contributed by atoms with Crippen LogP contribution >= 0.6 is 0 Å². The Morgan fingerprint density at radius 1 is 1.32 bits per heavy atom. The molecule has 1 aliphatic rings. The smallest absolute Gasteiger partial charge is 0.146 e. The molecular formula is C16H25FN2. The predicted molar refractivity (Wildman–Crippen MR) is 79.3 cm³/mol. The standard InChI is InChI=1S/C16H25FN2/c1-4-16(5-2)12-19(10-6-9-18-16)15-8-7-13(3)11-14(15)17/h7-8,11,18H,4-6,9-10,12H2,1-3H3. The third-order valence-electron chi connectivity index (χ3n) is 4.40. The van der Waals surface area contributed by atoms with Crippen molar-refractivity contribution in [2.24, 2.45) is 0 Å². The van der Waals surface area contributed by atoms with E-state index in [9.17, 15) is 4.39 Å². The summed E-state index contributed by atoms with van der Waals surface area (Å²) in [7, 11) is 0. The number of hydrogen-bond acceptors (Lipinski definition) is 2. The quantitative estimate of drug-likeness (QED) is 0.899. The molecule has 0 aromatic heterocycles. The molecule has 0 amide bonds. The first-order valence-corrected chi connectivity index (χ1v) is 7.36. The fourth-order valence-corrected chi connectivity index (χ4v) is 2.92. The van der Waals surface area contributed by atoms with E-state index in [1.54, 1.807) is 6.07 Å². The zero-order chi connectivity index (χ0) is 13.9. The van der Waals surface area contributed by atoms with Gasteiger partial charge in [-0.3, -0.25) is 0 Å². The van der Waals surface area contributed by atoms with Crippen LogP contribution in [0, 0.1) is 12.7 Å². The van der Waals surface area contributed by atoms with Crippen LogP contribution in [0.15, 0.2) is 18.2 Å². The average molecular weight is 264 g/mol. The molecule has 0 saturated carbocycles. The largest absolute Gasteiger partial charge is 0.367 e. The van der Waals surface area contributed by atoms with E-state index in [2.05, 4.69) is 24.1 Å². The lowest BCUT2D eigenvalue weighted by molar-refractivity contribution is 0.321. The van der Waals surface area contributed by atoms with Gasteiger partial charge in [0.2, 0.25) is 0 Å². The molecule has 1 N–H and O–H groups in total. The highest BCUT2D eigenvalue weighted by molar-refractivity contribution is 5.49. The van der Waals surface area contributed by atoms with E-state index in [4.69, 9.17) is 0 Å². The fraction of sp³-hybridized carbons (Fsp3) is 0.625. The normalized spacial score (nSPS) is 19.3. The molecule has 1 aromatic rings. The minimum atomic E-state index is -0.0944. The molecular weight excluding hydrogens is 239 g/mol. The highest BCUT2D eigenvalue weighted by atomic mass is 19.1. The lowest BCUT2D eigenvalue weighted by Crippen LogP contribution is -2.50. The molecule has 0 bridgehead atoms. The van der Waals surface area contributed by atoms with Crippen molar-refractivity contribution < 1.29 is 4.39 Å². The van der Waals surface area contributed by atoms with Gasteiger partial charge in [0.25, 0.3) is 0 Å². The molecule has 1 aliphatic heterocycles. The van der Waals surface area contributed by atoms with Crippen molar-refractivity contribution in [3.8, 4) is 0 Å². The van der Waals surface area contributed by atoms with Gasteiger partial charge in [-0.25, -0.2) is 4.39 Å². The third kappa shape index (κ3) is 3.08. The number of halogens is 1. The monoisotopic (exact) mass is 264 g/mol. The zero-order valence-corrected chi connectivity index (χ0v) is 12.3. The van der Waals surface area contributed by atoms with Gasteiger partial charge in [-0.15, -0.1) is 0 Å². The summed E-state index contributed by atoms with van der Waals surface area (Å²) in [6.45, 7) is 9.19. The lowest BCUT2D eigenvalue weighted by atomic mass is 9.92. The Hall–Kier alpha value is -1.09. The van der Waals surface area contributed by atoms with Gasteiger partial charge in [-0.05, 0) is 50.4 Å². The van der Waals surface area contributed by atoms with Gasteiger partial charge < -0.3 is 10.2 Å². The van der Waals surface area contributed by atoms with E-state index in [1.807, 2.05) is 19.1 Å². The van der Waals surface area contributed by atoms with E-state index < -0.39 is 0 Å². The molecule has 2 rings (SSSR count). The number of aryl methyl sites for hydroxylation is 1. The van der Waals surface area contributed by atoms with Gasteiger partial charge >= 0.3 is 0 Å². The second-order valence-electron chi connectivity index (χ2n) is 5.64. The maximum absolute atomic E-state index is 14.2. The van der Waals surface area contributed by atoms with Crippen LogP contribution in [0.25, 0.3) is 0 Å². The summed E-state index contributed by atoms with van der Waals surface area (Å²) in [5, 5.41) is 3.66. The van der Waals surface area contributed by atoms with Crippen molar-refractivity contribution in [3.63, 3.8) is 0 Å². The van der Waals surface area contributed by atoms with Gasteiger partial charge in [-0.2, -0.15) is 0 Å². The van der Waals surface area contributed by atoms with Crippen molar-refractivity contribution in [2.75, 3.05) is 24.5 Å². The van der Waals surface area contributed by atoms with Gasteiger partial charge in [0.15, 0.2) is 0 Å². The first-order valence-electron chi connectivity index (χ1n) is 7.36. The number of anilines is 1. The predicted octanol–water partition coefficient (Wildman–Crippen LogP) is 3.49. The Balaban J connectivity index is 2.27. The summed E-state index contributed by atoms with van der Waals surface area (Å²) in [6.07, 6.45) is 3.22. The van der Waals surface area contributed by atoms with E-state index in [0.29, 0.717) is 0 Å². The molecule has 0 atom stereocenters. The van der Waals surface area contributed by atoms with Crippen LogP contribution in [0.5, 0.6) is 0 Å². The molecule has 1 heterocycles. The summed E-state index contributed by atoms with van der Waals surface area (Å²) in [5.41, 5.74) is 1.85. The highest BCUT2D eigenvalue weighted by Crippen LogP contribution is 2.26. The summed E-state index contributed by atoms with van der Waals surface area (Å²) in [6, 6.07) is 5.55. The average Bonchev–Trinajstić information content (AvgIpc) is 2.62. The summed E-state index contributed by atoms with van der Waals surface area (Å²) >= 11 is 0. The van der Waals surface area contributed by atoms with Crippen molar-refractivity contribution in [1.29, 1.82) is 0 Å². The van der Waals surface area contributed by atoms with Gasteiger partial charge in [0.1, 0.15) is 5.82 Å². The molecule has 0 unspecified atom stereocenters. The van der Waals surface area contributed by atoms with Crippen LogP contribution in [0.3, 0.4) is 0 Å². The van der Waals surface area contributed by atoms with Crippen LogP contribution in [-0.2, 0) is 0 Å². The number of rotatable bonds is 3. The number of nitrogens with zero attached hydrogens (tertiary/aromatic N) is 1. The number of benzene rings is 1. The van der Waals surface area contributed by atoms with Gasteiger partial charge in [-0.1, -0.05) is 19.9 Å². The topological polar surface area (TPSA) is 15.3 Å². The van der Waals surface area contributed by atoms with Crippen LogP contribution in [-0.4, -0.2) is 25.2 Å². The Labute approximate surface area is 116 Å². The Morgan fingerprint density at radius 3 is 2.68 bits per heavy atom. The second kappa shape index (κ2) is 5.91. The van der Waals surface area contributed by atoms with Crippen molar-refractivity contribution in [2.45, 2.75) is 45.6 Å². The maximum atomic E-state index is 14.2. The molecule has 3 heteroatoms. The van der Waals surface area contributed by atoms with Gasteiger partial charge in [0, 0.05) is 18.6 Å². The third-order valence-corrected chi connectivity index (χ3v) is 4.40. The maximum Gasteiger partial charge on any atom is 0.146 e. The molecule has 2 nitrogen and oxygen atoms in total. The lowest BCUT2D eigenvalue weighted by Gasteiger charge is -2.36. The first-order chi connectivity index (χ1) is 9.10. The van der Waals surface area contributed by atoms with Crippen molar-refractivity contribution in [3.05, 3.63) is 29.6 Å². The molecule has 0 aliphatic carbocycles. The van der Waals surface area contributed by atoms with E-state index in [1.165, 1.54) is 0 Å². The second-order valence-corrected chi connectivity index (χ2v) is 5.64. The van der Waals surface area contributed by atoms with Gasteiger partial charge in [0.05, 0.1) is 5.69 Å². The summed E-state index contributed by atoms with van der Waals surface area (Å²) in [5.74, 6) is -0.0944. The molecule has 0 radical (unpaired) electrons. The Kier molecular flexibility index (Phi) is 4.46. The van der Waals surface area contributed by atoms with Crippen LogP contribution in [0.1, 0.15) is 38.7 Å². The van der Waals surface area contributed by atoms with Crippen molar-refractivity contribution >= 4 is 5.69 Å². The first kappa shape index (κ1) is 14.3. The summed E-state index contributed by atoms with van der Waals surface area (Å²) in [4.78, 5) is 2.21. The Bertz CT molecular complexity index is 427. The zero-order valence-electron chi connectivity index (χ0n) is 12.3. The minimum Gasteiger partial charge on any atom is -0.367 e. The van der Waals surface area contributed by atoms with Crippen LogP contribution in [0.4, 0.5) is 10.1 Å². The molecule has 1 fully saturated rings. The summed E-state index contributed by atoms with van der Waals surface area (Å²) < 4.78 is 14.2. The number of hydrogen-bond donors (Lipinski definition) is 1. The SMILES string of the molecule is CCC1(CC)CN(c2ccc(C)cc2F)CCCN1. The minimum absolute atomic E-state index is 0.0944. The fourth-order valence-electron chi connectivity index (χ4n) is 2.92. The number of nitrogens with one attached hydrogen (secondary N) is 1. The van der Waals surface area contributed by atoms with E-state index in [-0.39, 0.29) is 11.4 Å². The van der Waals surface area contributed by atoms with E-state index in [0.717, 1.165) is 50.1 Å². The molecule has 1 saturated heterocycles. The molecule has 106 valence electrons. The molecule has 19 heavy (non-hydrogen) atoms. The van der Waals surface area contributed by atoms with E-state index >= 15 is 0 Å².